The lowest BCUT2D eigenvalue weighted by atomic mass is 10.1. The van der Waals surface area contributed by atoms with E-state index in [2.05, 4.69) is 15.5 Å². The molecular weight excluding hydrogens is 427 g/mol. The predicted octanol–water partition coefficient (Wildman–Crippen LogP) is 6.35. The summed E-state index contributed by atoms with van der Waals surface area (Å²) >= 11 is 1.26. The summed E-state index contributed by atoms with van der Waals surface area (Å²) in [7, 11) is 3.15. The van der Waals surface area contributed by atoms with Gasteiger partial charge in [0.15, 0.2) is 11.5 Å². The van der Waals surface area contributed by atoms with Crippen LogP contribution in [0.2, 0.25) is 0 Å². The Morgan fingerprint density at radius 1 is 1.10 bits per heavy atom. The quantitative estimate of drug-likeness (QED) is 0.339. The van der Waals surface area contributed by atoms with Gasteiger partial charge in [-0.2, -0.15) is 18.3 Å². The fourth-order valence-corrected chi connectivity index (χ4v) is 3.32. The molecule has 0 saturated carbocycles. The Hall–Kier alpha value is -3.33. The number of nitrogens with one attached hydrogen (secondary N) is 1. The van der Waals surface area contributed by atoms with Gasteiger partial charge < -0.3 is 9.47 Å². The molecule has 3 rings (SSSR count). The van der Waals surface area contributed by atoms with Crippen LogP contribution in [0.3, 0.4) is 0 Å². The maximum absolute atomic E-state index is 12.9. The number of rotatable bonds is 7. The molecule has 0 bridgehead atoms. The Morgan fingerprint density at radius 2 is 1.87 bits per heavy atom. The van der Waals surface area contributed by atoms with Crippen LogP contribution in [0.4, 0.5) is 18.3 Å². The number of hydrogen-bond acceptors (Lipinski definition) is 6. The number of benzene rings is 2. The molecule has 162 valence electrons. The molecular formula is C22H20F3N3O2S. The summed E-state index contributed by atoms with van der Waals surface area (Å²) in [6.45, 7) is 1.81. The highest BCUT2D eigenvalue weighted by Gasteiger charge is 2.30. The van der Waals surface area contributed by atoms with E-state index in [-0.39, 0.29) is 0 Å². The Morgan fingerprint density at radius 3 is 2.58 bits per heavy atom. The summed E-state index contributed by atoms with van der Waals surface area (Å²) in [5.74, 6) is 1.27. The summed E-state index contributed by atoms with van der Waals surface area (Å²) in [5, 5.41) is 6.40. The van der Waals surface area contributed by atoms with Crippen LogP contribution in [0.1, 0.15) is 18.1 Å². The van der Waals surface area contributed by atoms with Crippen molar-refractivity contribution >= 4 is 28.3 Å². The summed E-state index contributed by atoms with van der Waals surface area (Å²) in [4.78, 5) is 4.31. The van der Waals surface area contributed by atoms with Crippen LogP contribution < -0.4 is 14.9 Å². The lowest BCUT2D eigenvalue weighted by Gasteiger charge is -2.07. The highest BCUT2D eigenvalue weighted by Crippen LogP contribution is 2.33. The largest absolute Gasteiger partial charge is 0.493 e. The van der Waals surface area contributed by atoms with E-state index in [4.69, 9.17) is 9.47 Å². The third-order valence-corrected chi connectivity index (χ3v) is 4.99. The molecule has 0 saturated heterocycles. The summed E-state index contributed by atoms with van der Waals surface area (Å²) in [5.41, 5.74) is 4.57. The first-order valence-corrected chi connectivity index (χ1v) is 10.0. The summed E-state index contributed by atoms with van der Waals surface area (Å²) < 4.78 is 49.2. The van der Waals surface area contributed by atoms with Crippen molar-refractivity contribution < 1.29 is 22.6 Å². The molecule has 1 N–H and O–H groups in total. The first kappa shape index (κ1) is 22.4. The van der Waals surface area contributed by atoms with Crippen LogP contribution in [0.5, 0.6) is 11.5 Å². The lowest BCUT2D eigenvalue weighted by molar-refractivity contribution is -0.137. The monoisotopic (exact) mass is 447 g/mol. The van der Waals surface area contributed by atoms with Crippen LogP contribution >= 0.6 is 11.3 Å². The zero-order valence-electron chi connectivity index (χ0n) is 17.0. The van der Waals surface area contributed by atoms with Gasteiger partial charge >= 0.3 is 6.18 Å². The van der Waals surface area contributed by atoms with Gasteiger partial charge in [0.2, 0.25) is 5.13 Å². The number of allylic oxidation sites excluding steroid dienone is 1. The number of methoxy groups -OCH3 is 2. The van der Waals surface area contributed by atoms with Crippen LogP contribution in [0.15, 0.2) is 59.0 Å². The lowest BCUT2D eigenvalue weighted by Crippen LogP contribution is -2.04. The zero-order valence-corrected chi connectivity index (χ0v) is 17.8. The highest BCUT2D eigenvalue weighted by atomic mass is 32.1. The number of halogens is 3. The van der Waals surface area contributed by atoms with E-state index in [0.717, 1.165) is 17.7 Å². The smallest absolute Gasteiger partial charge is 0.416 e. The van der Waals surface area contributed by atoms with Crippen LogP contribution in [-0.2, 0) is 6.18 Å². The third kappa shape index (κ3) is 5.85. The molecule has 3 aromatic rings. The molecule has 1 heterocycles. The average Bonchev–Trinajstić information content (AvgIpc) is 3.24. The number of hydrazone groups is 1. The fourth-order valence-electron chi connectivity index (χ4n) is 2.66. The Labute approximate surface area is 181 Å². The molecule has 0 aliphatic heterocycles. The summed E-state index contributed by atoms with van der Waals surface area (Å²) in [6.07, 6.45) is -0.706. The van der Waals surface area contributed by atoms with E-state index in [1.807, 2.05) is 37.3 Å². The molecule has 0 spiro atoms. The SMILES string of the molecule is COc1ccc(/C=C/C(C)=N/Nc2nc(-c3cccc(C(F)(F)F)c3)cs2)cc1OC. The van der Waals surface area contributed by atoms with Crippen molar-refractivity contribution in [3.63, 3.8) is 0 Å². The second-order valence-corrected chi connectivity index (χ2v) is 7.29. The van der Waals surface area contributed by atoms with E-state index in [0.29, 0.717) is 33.6 Å². The first-order valence-electron chi connectivity index (χ1n) is 9.13. The van der Waals surface area contributed by atoms with E-state index in [1.165, 1.54) is 17.4 Å². The number of ether oxygens (including phenoxy) is 2. The van der Waals surface area contributed by atoms with Gasteiger partial charge in [0, 0.05) is 10.9 Å². The molecule has 0 unspecified atom stereocenters. The second-order valence-electron chi connectivity index (χ2n) is 6.43. The van der Waals surface area contributed by atoms with Crippen LogP contribution in [0, 0.1) is 0 Å². The van der Waals surface area contributed by atoms with Crippen molar-refractivity contribution in [2.75, 3.05) is 19.6 Å². The molecule has 2 aromatic carbocycles. The minimum Gasteiger partial charge on any atom is -0.493 e. The minimum absolute atomic E-state index is 0.396. The van der Waals surface area contributed by atoms with Gasteiger partial charge in [0.1, 0.15) is 0 Å². The first-order chi connectivity index (χ1) is 14.8. The third-order valence-electron chi connectivity index (χ3n) is 4.24. The number of aromatic nitrogens is 1. The molecule has 0 aliphatic carbocycles. The highest BCUT2D eigenvalue weighted by molar-refractivity contribution is 7.14. The Bertz CT molecular complexity index is 1110. The number of alkyl halides is 3. The number of hydrogen-bond donors (Lipinski definition) is 1. The molecule has 0 atom stereocenters. The second kappa shape index (κ2) is 9.65. The number of nitrogens with zero attached hydrogens (tertiary/aromatic N) is 2. The van der Waals surface area contributed by atoms with Crippen molar-refractivity contribution in [1.82, 2.24) is 4.98 Å². The normalized spacial score (nSPS) is 12.3. The fraction of sp³-hybridized carbons (Fsp3) is 0.182. The van der Waals surface area contributed by atoms with Crippen molar-refractivity contribution in [1.29, 1.82) is 0 Å². The van der Waals surface area contributed by atoms with E-state index >= 15 is 0 Å². The standard InChI is InChI=1S/C22H20F3N3O2S/c1-14(7-8-15-9-10-19(29-2)20(11-15)30-3)27-28-21-26-18(13-31-21)16-5-4-6-17(12-16)22(23,24)25/h4-13H,1-3H3,(H,26,28)/b8-7+,27-14+. The van der Waals surface area contributed by atoms with Gasteiger partial charge in [-0.15, -0.1) is 11.3 Å². The van der Waals surface area contributed by atoms with Crippen molar-refractivity contribution in [3.05, 3.63) is 65.0 Å². The molecule has 5 nitrogen and oxygen atoms in total. The van der Waals surface area contributed by atoms with Gasteiger partial charge in [-0.1, -0.05) is 24.3 Å². The van der Waals surface area contributed by atoms with Crippen LogP contribution in [-0.4, -0.2) is 24.9 Å². The topological polar surface area (TPSA) is 55.7 Å². The molecule has 0 fully saturated rings. The maximum Gasteiger partial charge on any atom is 0.416 e. The zero-order chi connectivity index (χ0) is 22.4. The van der Waals surface area contributed by atoms with E-state index in [9.17, 15) is 13.2 Å². The number of thiazole rings is 1. The van der Waals surface area contributed by atoms with Crippen molar-refractivity contribution in [2.45, 2.75) is 13.1 Å². The number of anilines is 1. The predicted molar refractivity (Wildman–Crippen MR) is 118 cm³/mol. The molecule has 0 amide bonds. The van der Waals surface area contributed by atoms with Gasteiger partial charge in [-0.25, -0.2) is 4.98 Å². The molecule has 0 aliphatic rings. The van der Waals surface area contributed by atoms with Gasteiger partial charge in [0.25, 0.3) is 0 Å². The van der Waals surface area contributed by atoms with Gasteiger partial charge in [0.05, 0.1) is 31.2 Å². The molecule has 1 aromatic heterocycles. The average molecular weight is 447 g/mol. The van der Waals surface area contributed by atoms with Crippen LogP contribution in [0.25, 0.3) is 17.3 Å². The molecule has 0 radical (unpaired) electrons. The van der Waals surface area contributed by atoms with Crippen molar-refractivity contribution in [2.24, 2.45) is 5.10 Å². The van der Waals surface area contributed by atoms with Crippen molar-refractivity contribution in [3.8, 4) is 22.8 Å². The van der Waals surface area contributed by atoms with E-state index in [1.54, 1.807) is 25.7 Å². The molecule has 31 heavy (non-hydrogen) atoms. The minimum atomic E-state index is -4.39. The summed E-state index contributed by atoms with van der Waals surface area (Å²) in [6, 6.07) is 10.6. The maximum atomic E-state index is 12.9. The van der Waals surface area contributed by atoms with Gasteiger partial charge in [-0.05, 0) is 42.8 Å². The molecule has 9 heteroatoms. The van der Waals surface area contributed by atoms with Gasteiger partial charge in [-0.3, -0.25) is 5.43 Å². The Kier molecular flexibility index (Phi) is 6.96. The van der Waals surface area contributed by atoms with E-state index < -0.39 is 11.7 Å². The Balaban J connectivity index is 1.68.